The average molecular weight is 491 g/mol. The first-order valence-corrected chi connectivity index (χ1v) is 12.6. The molecule has 1 aromatic heterocycles. The van der Waals surface area contributed by atoms with Gasteiger partial charge in [0.25, 0.3) is 0 Å². The Hall–Kier alpha value is -4.28. The second kappa shape index (κ2) is 10.8. The topological polar surface area (TPSA) is 85.1 Å². The highest BCUT2D eigenvalue weighted by Gasteiger charge is 2.30. The lowest BCUT2D eigenvalue weighted by Crippen LogP contribution is -2.46. The van der Waals surface area contributed by atoms with Crippen LogP contribution in [0.15, 0.2) is 72.8 Å². The number of aryl methyl sites for hydroxylation is 2. The fourth-order valence-electron chi connectivity index (χ4n) is 4.90. The van der Waals surface area contributed by atoms with E-state index in [1.165, 1.54) is 5.56 Å². The first-order chi connectivity index (χ1) is 18.0. The number of rotatable bonds is 6. The summed E-state index contributed by atoms with van der Waals surface area (Å²) in [5.74, 6) is -0.878. The summed E-state index contributed by atoms with van der Waals surface area (Å²) >= 11 is 0. The number of nitrogens with zero attached hydrogens (tertiary/aromatic N) is 5. The number of benzene rings is 3. The zero-order valence-electron chi connectivity index (χ0n) is 21.2. The molecule has 0 saturated carbocycles. The Kier molecular flexibility index (Phi) is 7.11. The molecule has 7 nitrogen and oxygen atoms in total. The highest BCUT2D eigenvalue weighted by atomic mass is 16.1. The third-order valence-electron chi connectivity index (χ3n) is 6.65. The Bertz CT molecular complexity index is 1430. The maximum absolute atomic E-state index is 13.4. The van der Waals surface area contributed by atoms with E-state index in [4.69, 9.17) is 9.97 Å². The van der Waals surface area contributed by atoms with E-state index in [2.05, 4.69) is 45.5 Å². The Morgan fingerprint density at radius 1 is 0.919 bits per heavy atom. The van der Waals surface area contributed by atoms with Crippen molar-refractivity contribution in [2.45, 2.75) is 26.3 Å². The maximum Gasteiger partial charge on any atom is 0.248 e. The molecule has 0 unspecified atom stereocenters. The average Bonchev–Trinajstić information content (AvgIpc) is 2.89. The van der Waals surface area contributed by atoms with E-state index in [9.17, 15) is 10.1 Å². The number of anilines is 2. The van der Waals surface area contributed by atoms with Crippen molar-refractivity contribution in [1.29, 1.82) is 5.26 Å². The summed E-state index contributed by atoms with van der Waals surface area (Å²) in [5.41, 5.74) is 5.87. The molecule has 0 aliphatic carbocycles. The Balaban J connectivity index is 1.42. The Morgan fingerprint density at radius 2 is 1.54 bits per heavy atom. The number of amides is 1. The van der Waals surface area contributed by atoms with Gasteiger partial charge < -0.3 is 10.2 Å². The zero-order valence-corrected chi connectivity index (χ0v) is 21.2. The zero-order chi connectivity index (χ0) is 25.8. The van der Waals surface area contributed by atoms with Gasteiger partial charge in [0, 0.05) is 38.4 Å². The van der Waals surface area contributed by atoms with Crippen LogP contribution in [0.1, 0.15) is 28.3 Å². The fourth-order valence-corrected chi connectivity index (χ4v) is 4.90. The van der Waals surface area contributed by atoms with E-state index < -0.39 is 11.8 Å². The van der Waals surface area contributed by atoms with Crippen molar-refractivity contribution in [2.75, 3.05) is 36.4 Å². The molecule has 1 amide bonds. The molecule has 1 atom stereocenters. The number of piperazine rings is 1. The first kappa shape index (κ1) is 24.4. The molecule has 1 aliphatic heterocycles. The van der Waals surface area contributed by atoms with Crippen LogP contribution in [-0.4, -0.2) is 47.0 Å². The lowest BCUT2D eigenvalue weighted by atomic mass is 10.0. The second-order valence-corrected chi connectivity index (χ2v) is 9.60. The molecule has 186 valence electrons. The van der Waals surface area contributed by atoms with Crippen LogP contribution in [0, 0.1) is 25.2 Å². The van der Waals surface area contributed by atoms with Gasteiger partial charge in [0.2, 0.25) is 5.91 Å². The predicted octanol–water partition coefficient (Wildman–Crippen LogP) is 4.81. The molecule has 7 heteroatoms. The fraction of sp³-hybridized carbons (Fsp3) is 0.267. The summed E-state index contributed by atoms with van der Waals surface area (Å²) in [6, 6.07) is 26.1. The number of hydrogen-bond donors (Lipinski definition) is 1. The van der Waals surface area contributed by atoms with Gasteiger partial charge in [-0.3, -0.25) is 9.69 Å². The number of nitrogens with one attached hydrogen (secondary N) is 1. The second-order valence-electron chi connectivity index (χ2n) is 9.60. The van der Waals surface area contributed by atoms with Crippen molar-refractivity contribution in [1.82, 2.24) is 14.9 Å². The molecule has 1 saturated heterocycles. The van der Waals surface area contributed by atoms with Gasteiger partial charge in [0.05, 0.1) is 17.1 Å². The molecule has 0 spiro atoms. The van der Waals surface area contributed by atoms with Crippen LogP contribution in [0.25, 0.3) is 11.0 Å². The van der Waals surface area contributed by atoms with E-state index in [1.807, 2.05) is 62.4 Å². The smallest absolute Gasteiger partial charge is 0.248 e. The monoisotopic (exact) mass is 490 g/mol. The molecule has 1 fully saturated rings. The number of nitriles is 1. The van der Waals surface area contributed by atoms with Crippen LogP contribution >= 0.6 is 0 Å². The summed E-state index contributed by atoms with van der Waals surface area (Å²) in [7, 11) is 0. The molecule has 4 aromatic rings. The normalized spacial score (nSPS) is 14.8. The molecule has 1 aliphatic rings. The third kappa shape index (κ3) is 5.60. The van der Waals surface area contributed by atoms with Gasteiger partial charge >= 0.3 is 0 Å². The van der Waals surface area contributed by atoms with Gasteiger partial charge in [-0.2, -0.15) is 5.26 Å². The van der Waals surface area contributed by atoms with Crippen molar-refractivity contribution in [3.05, 3.63) is 95.2 Å². The molecular weight excluding hydrogens is 460 g/mol. The van der Waals surface area contributed by atoms with Gasteiger partial charge in [-0.25, -0.2) is 9.97 Å². The highest BCUT2D eigenvalue weighted by Crippen LogP contribution is 2.29. The molecule has 0 bridgehead atoms. The lowest BCUT2D eigenvalue weighted by Gasteiger charge is -2.36. The number of para-hydroxylation sites is 2. The van der Waals surface area contributed by atoms with Crippen LogP contribution in [0.5, 0.6) is 0 Å². The molecule has 2 heterocycles. The number of carbonyl (C=O) groups is 1. The Morgan fingerprint density at radius 3 is 2.19 bits per heavy atom. The largest absolute Gasteiger partial charge is 0.352 e. The van der Waals surface area contributed by atoms with Crippen LogP contribution in [0.4, 0.5) is 11.5 Å². The van der Waals surface area contributed by atoms with Crippen LogP contribution in [0.3, 0.4) is 0 Å². The number of carbonyl (C=O) groups excluding carboxylic acids is 1. The van der Waals surface area contributed by atoms with Crippen molar-refractivity contribution in [3.63, 3.8) is 0 Å². The van der Waals surface area contributed by atoms with E-state index >= 15 is 0 Å². The third-order valence-corrected chi connectivity index (χ3v) is 6.65. The molecular formula is C30H30N6O. The molecule has 37 heavy (non-hydrogen) atoms. The number of aromatic nitrogens is 2. The minimum absolute atomic E-state index is 0.402. The van der Waals surface area contributed by atoms with Crippen molar-refractivity contribution in [3.8, 4) is 6.07 Å². The van der Waals surface area contributed by atoms with E-state index in [0.29, 0.717) is 22.7 Å². The molecule has 0 radical (unpaired) electrons. The summed E-state index contributed by atoms with van der Waals surface area (Å²) in [6.45, 7) is 8.05. The minimum Gasteiger partial charge on any atom is -0.352 e. The van der Waals surface area contributed by atoms with Crippen LogP contribution < -0.4 is 10.2 Å². The summed E-state index contributed by atoms with van der Waals surface area (Å²) < 4.78 is 0. The molecule has 5 rings (SSSR count). The summed E-state index contributed by atoms with van der Waals surface area (Å²) in [6.07, 6.45) is 0. The lowest BCUT2D eigenvalue weighted by molar-refractivity contribution is -0.116. The maximum atomic E-state index is 13.4. The van der Waals surface area contributed by atoms with Gasteiger partial charge in [-0.05, 0) is 54.8 Å². The van der Waals surface area contributed by atoms with E-state index in [0.717, 1.165) is 49.4 Å². The Labute approximate surface area is 217 Å². The SMILES string of the molecule is Cc1cc(C)cc(NC(=O)[C@H](C#N)c2nc3ccccc3nc2N2CCN(Cc3ccccc3)CC2)c1. The van der Waals surface area contributed by atoms with E-state index in [1.54, 1.807) is 0 Å². The standard InChI is InChI=1S/C30H30N6O/c1-21-16-22(2)18-24(17-21)32-30(37)25(19-31)28-29(34-27-11-7-6-10-26(27)33-28)36-14-12-35(13-15-36)20-23-8-4-3-5-9-23/h3-11,16-18,25H,12-15,20H2,1-2H3,(H,32,37)/t25-/m1/s1. The summed E-state index contributed by atoms with van der Waals surface area (Å²) in [4.78, 5) is 27.6. The van der Waals surface area contributed by atoms with Crippen molar-refractivity contribution < 1.29 is 4.79 Å². The minimum atomic E-state index is -1.09. The van der Waals surface area contributed by atoms with Crippen molar-refractivity contribution >= 4 is 28.4 Å². The van der Waals surface area contributed by atoms with Crippen molar-refractivity contribution in [2.24, 2.45) is 0 Å². The molecule has 3 aromatic carbocycles. The van der Waals surface area contributed by atoms with Crippen LogP contribution in [0.2, 0.25) is 0 Å². The van der Waals surface area contributed by atoms with Crippen LogP contribution in [-0.2, 0) is 11.3 Å². The molecule has 1 N–H and O–H groups in total. The first-order valence-electron chi connectivity index (χ1n) is 12.6. The van der Waals surface area contributed by atoms with Gasteiger partial charge in [-0.1, -0.05) is 48.5 Å². The summed E-state index contributed by atoms with van der Waals surface area (Å²) in [5, 5.41) is 13.1. The predicted molar refractivity (Wildman–Crippen MR) is 146 cm³/mol. The quantitative estimate of drug-likeness (QED) is 0.417. The van der Waals surface area contributed by atoms with Gasteiger partial charge in [-0.15, -0.1) is 0 Å². The van der Waals surface area contributed by atoms with E-state index in [-0.39, 0.29) is 0 Å². The van der Waals surface area contributed by atoms with Gasteiger partial charge in [0.1, 0.15) is 5.69 Å². The number of fused-ring (bicyclic) bond motifs is 1. The number of hydrogen-bond acceptors (Lipinski definition) is 6. The highest BCUT2D eigenvalue weighted by molar-refractivity contribution is 5.98. The van der Waals surface area contributed by atoms with Gasteiger partial charge in [0.15, 0.2) is 11.7 Å².